The lowest BCUT2D eigenvalue weighted by Crippen LogP contribution is -2.09. The van der Waals surface area contributed by atoms with E-state index in [0.717, 1.165) is 22.8 Å². The van der Waals surface area contributed by atoms with Crippen LogP contribution in [0.1, 0.15) is 11.3 Å². The Morgan fingerprint density at radius 2 is 2.21 bits per heavy atom. The molecule has 0 saturated heterocycles. The van der Waals surface area contributed by atoms with E-state index in [4.69, 9.17) is 10.3 Å². The second-order valence-electron chi connectivity index (χ2n) is 3.83. The molecule has 0 aliphatic heterocycles. The third-order valence-electron chi connectivity index (χ3n) is 2.51. The number of nitro groups is 1. The Morgan fingerprint density at radius 1 is 1.37 bits per heavy atom. The van der Waals surface area contributed by atoms with Crippen molar-refractivity contribution in [3.8, 4) is 0 Å². The predicted octanol–water partition coefficient (Wildman–Crippen LogP) is 2.91. The molecule has 1 heterocycles. The molecule has 3 N–H and O–H groups in total. The fraction of sp³-hybridized carbons (Fsp3) is 0.167. The normalized spacial score (nSPS) is 10.4. The van der Waals surface area contributed by atoms with Gasteiger partial charge in [-0.25, -0.2) is 0 Å². The minimum absolute atomic E-state index is 0.0257. The van der Waals surface area contributed by atoms with E-state index in [0.29, 0.717) is 5.69 Å². The summed E-state index contributed by atoms with van der Waals surface area (Å²) in [7, 11) is 0. The van der Waals surface area contributed by atoms with Crippen molar-refractivity contribution >= 4 is 23.1 Å². The highest BCUT2D eigenvalue weighted by molar-refractivity contribution is 7.97. The van der Waals surface area contributed by atoms with Crippen LogP contribution in [0.2, 0.25) is 0 Å². The summed E-state index contributed by atoms with van der Waals surface area (Å²) in [6.07, 6.45) is 1.64. The number of hydrazine groups is 1. The van der Waals surface area contributed by atoms with Gasteiger partial charge in [-0.15, -0.1) is 11.8 Å². The fourth-order valence-electron chi connectivity index (χ4n) is 1.61. The van der Waals surface area contributed by atoms with Gasteiger partial charge in [0.05, 0.1) is 16.9 Å². The molecule has 1 aromatic carbocycles. The summed E-state index contributed by atoms with van der Waals surface area (Å²) in [5.74, 6) is 7.68. The summed E-state index contributed by atoms with van der Waals surface area (Å²) in [6, 6.07) is 8.63. The predicted molar refractivity (Wildman–Crippen MR) is 74.6 cm³/mol. The van der Waals surface area contributed by atoms with Crippen LogP contribution >= 0.6 is 11.8 Å². The van der Waals surface area contributed by atoms with Crippen LogP contribution in [0.3, 0.4) is 0 Å². The molecule has 19 heavy (non-hydrogen) atoms. The molecule has 0 unspecified atom stereocenters. The smallest absolute Gasteiger partial charge is 0.293 e. The number of rotatable bonds is 6. The van der Waals surface area contributed by atoms with E-state index >= 15 is 0 Å². The topological polar surface area (TPSA) is 94.3 Å². The van der Waals surface area contributed by atoms with Gasteiger partial charge in [-0.05, 0) is 23.8 Å². The van der Waals surface area contributed by atoms with Crippen molar-refractivity contribution in [2.75, 3.05) is 5.43 Å². The molecule has 0 saturated carbocycles. The number of furan rings is 1. The minimum Gasteiger partial charge on any atom is -0.468 e. The van der Waals surface area contributed by atoms with Crippen molar-refractivity contribution in [2.45, 2.75) is 11.5 Å². The Hall–Kier alpha value is -1.99. The third kappa shape index (κ3) is 3.49. The Bertz CT molecular complexity index is 557. The largest absolute Gasteiger partial charge is 0.468 e. The maximum atomic E-state index is 10.8. The van der Waals surface area contributed by atoms with Gasteiger partial charge >= 0.3 is 0 Å². The summed E-state index contributed by atoms with van der Waals surface area (Å²) in [5.41, 5.74) is 3.61. The minimum atomic E-state index is -0.463. The van der Waals surface area contributed by atoms with E-state index in [1.165, 1.54) is 6.07 Å². The van der Waals surface area contributed by atoms with Crippen LogP contribution in [0, 0.1) is 10.1 Å². The maximum Gasteiger partial charge on any atom is 0.293 e. The molecule has 0 atom stereocenters. The van der Waals surface area contributed by atoms with Crippen LogP contribution in [-0.2, 0) is 11.5 Å². The number of hydrogen-bond acceptors (Lipinski definition) is 6. The van der Waals surface area contributed by atoms with Crippen LogP contribution in [0.15, 0.2) is 41.0 Å². The average Bonchev–Trinajstić information content (AvgIpc) is 2.91. The first-order valence-corrected chi connectivity index (χ1v) is 6.70. The van der Waals surface area contributed by atoms with Gasteiger partial charge in [-0.2, -0.15) is 0 Å². The van der Waals surface area contributed by atoms with E-state index in [-0.39, 0.29) is 5.69 Å². The number of thioether (sulfide) groups is 1. The van der Waals surface area contributed by atoms with E-state index in [1.807, 2.05) is 12.1 Å². The van der Waals surface area contributed by atoms with Crippen molar-refractivity contribution in [1.29, 1.82) is 0 Å². The third-order valence-corrected chi connectivity index (χ3v) is 3.53. The molecule has 0 aliphatic carbocycles. The molecule has 0 radical (unpaired) electrons. The van der Waals surface area contributed by atoms with Gasteiger partial charge in [-0.3, -0.25) is 16.0 Å². The molecule has 0 aliphatic rings. The summed E-state index contributed by atoms with van der Waals surface area (Å²) in [6.45, 7) is 0. The van der Waals surface area contributed by atoms with E-state index < -0.39 is 4.92 Å². The molecule has 0 bridgehead atoms. The van der Waals surface area contributed by atoms with E-state index in [2.05, 4.69) is 5.43 Å². The van der Waals surface area contributed by atoms with Crippen LogP contribution < -0.4 is 11.3 Å². The summed E-state index contributed by atoms with van der Waals surface area (Å²) < 4.78 is 5.22. The molecular weight excluding hydrogens is 266 g/mol. The molecule has 0 spiro atoms. The van der Waals surface area contributed by atoms with Crippen LogP contribution in [0.4, 0.5) is 11.4 Å². The number of nitrogens with zero attached hydrogens (tertiary/aromatic N) is 1. The van der Waals surface area contributed by atoms with E-state index in [1.54, 1.807) is 30.2 Å². The molecule has 6 nitrogen and oxygen atoms in total. The lowest BCUT2D eigenvalue weighted by molar-refractivity contribution is -0.384. The van der Waals surface area contributed by atoms with Gasteiger partial charge in [0, 0.05) is 11.8 Å². The Kier molecular flexibility index (Phi) is 4.43. The van der Waals surface area contributed by atoms with Crippen molar-refractivity contribution < 1.29 is 9.34 Å². The average molecular weight is 279 g/mol. The first-order valence-electron chi connectivity index (χ1n) is 5.55. The van der Waals surface area contributed by atoms with Gasteiger partial charge in [0.25, 0.3) is 5.69 Å². The Balaban J connectivity index is 1.99. The van der Waals surface area contributed by atoms with Gasteiger partial charge in [0.15, 0.2) is 0 Å². The van der Waals surface area contributed by atoms with Gasteiger partial charge < -0.3 is 9.84 Å². The number of nitrogen functional groups attached to an aromatic ring is 1. The lowest BCUT2D eigenvalue weighted by Gasteiger charge is -2.05. The number of hydrogen-bond donors (Lipinski definition) is 2. The molecule has 0 amide bonds. The maximum absolute atomic E-state index is 10.8. The first-order chi connectivity index (χ1) is 9.20. The fourth-order valence-corrected chi connectivity index (χ4v) is 2.49. The summed E-state index contributed by atoms with van der Waals surface area (Å²) >= 11 is 1.67. The van der Waals surface area contributed by atoms with Gasteiger partial charge in [-0.1, -0.05) is 6.07 Å². The zero-order valence-corrected chi connectivity index (χ0v) is 10.9. The highest BCUT2D eigenvalue weighted by Gasteiger charge is 2.13. The molecule has 100 valence electrons. The highest BCUT2D eigenvalue weighted by atomic mass is 32.2. The number of anilines is 1. The number of nitrogens with two attached hydrogens (primary N) is 1. The van der Waals surface area contributed by atoms with Crippen LogP contribution in [-0.4, -0.2) is 4.92 Å². The molecule has 2 aromatic rings. The molecule has 1 aromatic heterocycles. The molecule has 0 fully saturated rings. The summed E-state index contributed by atoms with van der Waals surface area (Å²) in [4.78, 5) is 10.3. The van der Waals surface area contributed by atoms with Crippen molar-refractivity contribution in [3.05, 3.63) is 58.0 Å². The highest BCUT2D eigenvalue weighted by Crippen LogP contribution is 2.27. The van der Waals surface area contributed by atoms with Gasteiger partial charge in [0.1, 0.15) is 11.4 Å². The van der Waals surface area contributed by atoms with Gasteiger partial charge in [0.2, 0.25) is 0 Å². The zero-order valence-electron chi connectivity index (χ0n) is 10.0. The Labute approximate surface area is 114 Å². The standard InChI is InChI=1S/C12H13N3O3S/c13-14-11-6-9(3-4-12(11)15(16)17)7-19-8-10-2-1-5-18-10/h1-6,14H,7-8,13H2. The van der Waals surface area contributed by atoms with Crippen molar-refractivity contribution in [3.63, 3.8) is 0 Å². The molecular formula is C12H13N3O3S. The summed E-state index contributed by atoms with van der Waals surface area (Å²) in [5, 5.41) is 10.8. The molecule has 7 heteroatoms. The SMILES string of the molecule is NNc1cc(CSCc2ccco2)ccc1[N+](=O)[O-]. The number of benzene rings is 1. The first kappa shape index (κ1) is 13.4. The monoisotopic (exact) mass is 279 g/mol. The van der Waals surface area contributed by atoms with Crippen LogP contribution in [0.25, 0.3) is 0 Å². The van der Waals surface area contributed by atoms with Crippen LogP contribution in [0.5, 0.6) is 0 Å². The van der Waals surface area contributed by atoms with E-state index in [9.17, 15) is 10.1 Å². The Morgan fingerprint density at radius 3 is 2.84 bits per heavy atom. The number of nitro benzene ring substituents is 1. The lowest BCUT2D eigenvalue weighted by atomic mass is 10.2. The number of nitrogens with one attached hydrogen (secondary N) is 1. The second kappa shape index (κ2) is 6.26. The quantitative estimate of drug-likeness (QED) is 0.479. The second-order valence-corrected chi connectivity index (χ2v) is 4.81. The zero-order chi connectivity index (χ0) is 13.7. The van der Waals surface area contributed by atoms with Crippen molar-refractivity contribution in [1.82, 2.24) is 0 Å². The molecule has 2 rings (SSSR count). The van der Waals surface area contributed by atoms with Crippen molar-refractivity contribution in [2.24, 2.45) is 5.84 Å².